The molecule has 1 aromatic carbocycles. The van der Waals surface area contributed by atoms with Gasteiger partial charge >= 0.3 is 0 Å². The summed E-state index contributed by atoms with van der Waals surface area (Å²) in [6.45, 7) is 2.87. The largest absolute Gasteiger partial charge is 0.397 e. The van der Waals surface area contributed by atoms with Crippen LogP contribution in [0.25, 0.3) is 0 Å². The van der Waals surface area contributed by atoms with Crippen molar-refractivity contribution in [3.8, 4) is 0 Å². The molecule has 1 aromatic rings. The maximum Gasteiger partial charge on any atom is 0.240 e. The van der Waals surface area contributed by atoms with Gasteiger partial charge in [0.2, 0.25) is 10.0 Å². The van der Waals surface area contributed by atoms with Crippen molar-refractivity contribution in [1.29, 1.82) is 0 Å². The average molecular weight is 315 g/mol. The fraction of sp³-hybridized carbons (Fsp3) is 0.538. The number of hydrogen-bond donors (Lipinski definition) is 3. The molecule has 1 fully saturated rings. The summed E-state index contributed by atoms with van der Waals surface area (Å²) in [6.07, 6.45) is -0.377. The minimum Gasteiger partial charge on any atom is -0.397 e. The lowest BCUT2D eigenvalue weighted by Gasteiger charge is -2.38. The van der Waals surface area contributed by atoms with Gasteiger partial charge in [0.1, 0.15) is 0 Å². The van der Waals surface area contributed by atoms with E-state index in [0.29, 0.717) is 24.5 Å². The quantitative estimate of drug-likeness (QED) is 0.663. The molecule has 0 spiro atoms. The number of aliphatic hydroxyl groups excluding tert-OH is 1. The smallest absolute Gasteiger partial charge is 0.240 e. The molecule has 0 radical (unpaired) electrons. The van der Waals surface area contributed by atoms with Crippen LogP contribution >= 0.6 is 0 Å². The van der Waals surface area contributed by atoms with Crippen LogP contribution in [0.3, 0.4) is 0 Å². The van der Waals surface area contributed by atoms with Crippen molar-refractivity contribution in [2.75, 3.05) is 37.4 Å². The summed E-state index contributed by atoms with van der Waals surface area (Å²) in [7, 11) is -2.16. The monoisotopic (exact) mass is 315 g/mol. The molecule has 4 N–H and O–H groups in total. The third-order valence-electron chi connectivity index (χ3n) is 3.45. The molecule has 1 saturated heterocycles. The molecule has 0 aliphatic carbocycles. The molecule has 2 atom stereocenters. The Morgan fingerprint density at radius 1 is 1.48 bits per heavy atom. The third-order valence-corrected chi connectivity index (χ3v) is 4.86. The van der Waals surface area contributed by atoms with Gasteiger partial charge in [0, 0.05) is 13.1 Å². The fourth-order valence-corrected chi connectivity index (χ4v) is 3.17. The zero-order valence-corrected chi connectivity index (χ0v) is 12.9. The first-order chi connectivity index (χ1) is 9.87. The van der Waals surface area contributed by atoms with Crippen molar-refractivity contribution in [3.63, 3.8) is 0 Å². The molecule has 21 heavy (non-hydrogen) atoms. The molecule has 0 amide bonds. The van der Waals surface area contributed by atoms with Crippen molar-refractivity contribution >= 4 is 21.4 Å². The second-order valence-electron chi connectivity index (χ2n) is 5.08. The number of benzene rings is 1. The van der Waals surface area contributed by atoms with Crippen LogP contribution < -0.4 is 15.4 Å². The van der Waals surface area contributed by atoms with E-state index in [1.54, 1.807) is 12.1 Å². The minimum atomic E-state index is -3.52. The van der Waals surface area contributed by atoms with Crippen LogP contribution in [0.4, 0.5) is 11.4 Å². The van der Waals surface area contributed by atoms with Gasteiger partial charge in [-0.15, -0.1) is 0 Å². The minimum absolute atomic E-state index is 0.0696. The summed E-state index contributed by atoms with van der Waals surface area (Å²) in [5.41, 5.74) is 7.11. The number of aliphatic hydroxyl groups is 1. The molecule has 1 aliphatic heterocycles. The van der Waals surface area contributed by atoms with Crippen LogP contribution in [-0.4, -0.2) is 52.5 Å². The van der Waals surface area contributed by atoms with E-state index in [-0.39, 0.29) is 23.7 Å². The van der Waals surface area contributed by atoms with Crippen LogP contribution in [0.5, 0.6) is 0 Å². The lowest BCUT2D eigenvalue weighted by molar-refractivity contribution is -0.0420. The molecule has 1 heterocycles. The Morgan fingerprint density at radius 3 is 2.81 bits per heavy atom. The first-order valence-corrected chi connectivity index (χ1v) is 8.20. The third kappa shape index (κ3) is 3.46. The fourth-order valence-electron chi connectivity index (χ4n) is 2.43. The molecule has 7 nitrogen and oxygen atoms in total. The Balaban J connectivity index is 2.36. The van der Waals surface area contributed by atoms with Crippen LogP contribution in [-0.2, 0) is 14.8 Å². The van der Waals surface area contributed by atoms with Crippen LogP contribution in [0.2, 0.25) is 0 Å². The molecule has 8 heteroatoms. The van der Waals surface area contributed by atoms with Gasteiger partial charge in [0.05, 0.1) is 35.1 Å². The molecule has 1 aliphatic rings. The van der Waals surface area contributed by atoms with Gasteiger partial charge in [0.25, 0.3) is 0 Å². The molecule has 118 valence electrons. The number of anilines is 2. The number of sulfonamides is 1. The van der Waals surface area contributed by atoms with Crippen molar-refractivity contribution < 1.29 is 18.3 Å². The number of hydrogen-bond acceptors (Lipinski definition) is 6. The molecule has 0 bridgehead atoms. The second kappa shape index (κ2) is 6.18. The molecule has 0 aromatic heterocycles. The molecular formula is C13H21N3O4S. The molecule has 2 rings (SSSR count). The summed E-state index contributed by atoms with van der Waals surface area (Å²) in [5, 5.41) is 9.28. The summed E-state index contributed by atoms with van der Waals surface area (Å²) in [4.78, 5) is 2.10. The Morgan fingerprint density at radius 2 is 2.19 bits per heavy atom. The van der Waals surface area contributed by atoms with Gasteiger partial charge < -0.3 is 20.5 Å². The topological polar surface area (TPSA) is 105 Å². The first kappa shape index (κ1) is 16.0. The number of rotatable bonds is 4. The zero-order chi connectivity index (χ0) is 15.6. The summed E-state index contributed by atoms with van der Waals surface area (Å²) in [6, 6.07) is 4.60. The van der Waals surface area contributed by atoms with E-state index in [1.807, 2.05) is 11.8 Å². The first-order valence-electron chi connectivity index (χ1n) is 6.71. The van der Waals surface area contributed by atoms with Gasteiger partial charge in [-0.1, -0.05) is 0 Å². The summed E-state index contributed by atoms with van der Waals surface area (Å²) >= 11 is 0. The predicted molar refractivity (Wildman–Crippen MR) is 80.7 cm³/mol. The van der Waals surface area contributed by atoms with Crippen LogP contribution in [0, 0.1) is 0 Å². The summed E-state index contributed by atoms with van der Waals surface area (Å²) < 4.78 is 31.7. The number of nitrogens with zero attached hydrogens (tertiary/aromatic N) is 1. The standard InChI is InChI=1S/C13H21N3O4S/c1-9-6-16(7-10(8-17)20-9)13-5-11(3-4-12(13)14)21(18,19)15-2/h3-5,9-10,15,17H,6-8,14H2,1-2H3. The highest BCUT2D eigenvalue weighted by molar-refractivity contribution is 7.89. The lowest BCUT2D eigenvalue weighted by Crippen LogP contribution is -2.48. The molecule has 2 unspecified atom stereocenters. The predicted octanol–water partition coefficient (Wildman–Crippen LogP) is -0.237. The van der Waals surface area contributed by atoms with Crippen molar-refractivity contribution in [2.45, 2.75) is 24.0 Å². The number of nitrogen functional groups attached to an aromatic ring is 1. The summed E-state index contributed by atoms with van der Waals surface area (Å²) in [5.74, 6) is 0. The molecular weight excluding hydrogens is 294 g/mol. The van der Waals surface area contributed by atoms with E-state index in [4.69, 9.17) is 10.5 Å². The van der Waals surface area contributed by atoms with E-state index in [9.17, 15) is 13.5 Å². The SMILES string of the molecule is CNS(=O)(=O)c1ccc(N)c(N2CC(C)OC(CO)C2)c1. The van der Waals surface area contributed by atoms with E-state index < -0.39 is 10.0 Å². The van der Waals surface area contributed by atoms with Crippen molar-refractivity contribution in [1.82, 2.24) is 4.72 Å². The van der Waals surface area contributed by atoms with Gasteiger partial charge in [-0.3, -0.25) is 0 Å². The van der Waals surface area contributed by atoms with Crippen LogP contribution in [0.15, 0.2) is 23.1 Å². The number of ether oxygens (including phenoxy) is 1. The number of morpholine rings is 1. The average Bonchev–Trinajstić information content (AvgIpc) is 2.46. The van der Waals surface area contributed by atoms with E-state index >= 15 is 0 Å². The highest BCUT2D eigenvalue weighted by Gasteiger charge is 2.26. The highest BCUT2D eigenvalue weighted by Crippen LogP contribution is 2.29. The Kier molecular flexibility index (Phi) is 4.72. The Hall–Kier alpha value is -1.35. The highest BCUT2D eigenvalue weighted by atomic mass is 32.2. The zero-order valence-electron chi connectivity index (χ0n) is 12.1. The second-order valence-corrected chi connectivity index (χ2v) is 6.97. The maximum atomic E-state index is 11.9. The molecule has 0 saturated carbocycles. The van der Waals surface area contributed by atoms with Crippen molar-refractivity contribution in [3.05, 3.63) is 18.2 Å². The van der Waals surface area contributed by atoms with E-state index in [0.717, 1.165) is 0 Å². The van der Waals surface area contributed by atoms with E-state index in [2.05, 4.69) is 4.72 Å². The van der Waals surface area contributed by atoms with Gasteiger partial charge in [-0.05, 0) is 32.2 Å². The normalized spacial score (nSPS) is 23.3. The van der Waals surface area contributed by atoms with Crippen LogP contribution in [0.1, 0.15) is 6.92 Å². The van der Waals surface area contributed by atoms with Gasteiger partial charge in [0.15, 0.2) is 0 Å². The maximum absolute atomic E-state index is 11.9. The van der Waals surface area contributed by atoms with Crippen molar-refractivity contribution in [2.24, 2.45) is 0 Å². The van der Waals surface area contributed by atoms with Gasteiger partial charge in [-0.2, -0.15) is 0 Å². The Labute approximate surface area is 124 Å². The van der Waals surface area contributed by atoms with Gasteiger partial charge in [-0.25, -0.2) is 13.1 Å². The lowest BCUT2D eigenvalue weighted by atomic mass is 10.1. The van der Waals surface area contributed by atoms with E-state index in [1.165, 1.54) is 13.1 Å². The number of nitrogens with one attached hydrogen (secondary N) is 1. The number of nitrogens with two attached hydrogens (primary N) is 1. The Bertz CT molecular complexity index is 605.